The molecule has 1 saturated carbocycles. The molecule has 1 aliphatic heterocycles. The second-order valence-electron chi connectivity index (χ2n) is 6.46. The van der Waals surface area contributed by atoms with Gasteiger partial charge in [-0.2, -0.15) is 0 Å². The number of ether oxygens (including phenoxy) is 1. The molecule has 2 fully saturated rings. The normalized spacial score (nSPS) is 23.9. The van der Waals surface area contributed by atoms with E-state index in [2.05, 4.69) is 0 Å². The number of phenolic OH excluding ortho intramolecular Hbond substituents is 1. The van der Waals surface area contributed by atoms with Gasteiger partial charge in [0.2, 0.25) is 0 Å². The fraction of sp³-hybridized carbons (Fsp3) is 0.556. The molecule has 1 saturated heterocycles. The molecule has 0 aromatic heterocycles. The number of amides is 1. The third-order valence-electron chi connectivity index (χ3n) is 4.99. The SMILES string of the molecule is O=C(OCC(=O)N1CCC[C@@H]2CCCC[C@H]21)c1ccc(O)cc1. The van der Waals surface area contributed by atoms with Gasteiger partial charge < -0.3 is 14.7 Å². The molecule has 124 valence electrons. The zero-order valence-corrected chi connectivity index (χ0v) is 13.2. The van der Waals surface area contributed by atoms with Gasteiger partial charge in [0.05, 0.1) is 5.56 Å². The van der Waals surface area contributed by atoms with Crippen LogP contribution in [-0.4, -0.2) is 41.1 Å². The van der Waals surface area contributed by atoms with Crippen molar-refractivity contribution in [2.45, 2.75) is 44.6 Å². The molecule has 0 spiro atoms. The maximum atomic E-state index is 12.5. The second kappa shape index (κ2) is 7.02. The monoisotopic (exact) mass is 317 g/mol. The molecule has 1 aromatic rings. The standard InChI is InChI=1S/C18H23NO4/c20-15-9-7-14(8-10-15)18(22)23-12-17(21)19-11-3-5-13-4-1-2-6-16(13)19/h7-10,13,16,20H,1-6,11-12H2/t13-,16+/m0/s1. The van der Waals surface area contributed by atoms with Gasteiger partial charge in [0.1, 0.15) is 5.75 Å². The summed E-state index contributed by atoms with van der Waals surface area (Å²) in [5.41, 5.74) is 0.338. The number of carbonyl (C=O) groups is 2. The summed E-state index contributed by atoms with van der Waals surface area (Å²) in [6, 6.07) is 6.16. The first-order valence-electron chi connectivity index (χ1n) is 8.41. The van der Waals surface area contributed by atoms with Crippen LogP contribution in [0.5, 0.6) is 5.75 Å². The van der Waals surface area contributed by atoms with Gasteiger partial charge in [-0.25, -0.2) is 4.79 Å². The topological polar surface area (TPSA) is 66.8 Å². The summed E-state index contributed by atoms with van der Waals surface area (Å²) in [7, 11) is 0. The van der Waals surface area contributed by atoms with E-state index in [1.165, 1.54) is 49.9 Å². The summed E-state index contributed by atoms with van der Waals surface area (Å²) < 4.78 is 5.15. The van der Waals surface area contributed by atoms with Crippen molar-refractivity contribution >= 4 is 11.9 Å². The molecule has 1 amide bonds. The van der Waals surface area contributed by atoms with Gasteiger partial charge in [0.25, 0.3) is 5.91 Å². The van der Waals surface area contributed by atoms with E-state index in [0.29, 0.717) is 17.5 Å². The lowest BCUT2D eigenvalue weighted by atomic mass is 9.78. The minimum Gasteiger partial charge on any atom is -0.508 e. The number of fused-ring (bicyclic) bond motifs is 1. The molecule has 1 N–H and O–H groups in total. The fourth-order valence-corrected chi connectivity index (χ4v) is 3.83. The van der Waals surface area contributed by atoms with Crippen LogP contribution in [-0.2, 0) is 9.53 Å². The molecule has 0 unspecified atom stereocenters. The number of phenols is 1. The van der Waals surface area contributed by atoms with Crippen molar-refractivity contribution in [1.82, 2.24) is 4.90 Å². The van der Waals surface area contributed by atoms with Crippen LogP contribution in [0, 0.1) is 5.92 Å². The first-order valence-corrected chi connectivity index (χ1v) is 8.41. The van der Waals surface area contributed by atoms with Crippen molar-refractivity contribution in [3.05, 3.63) is 29.8 Å². The molecule has 0 radical (unpaired) electrons. The van der Waals surface area contributed by atoms with E-state index in [1.54, 1.807) is 0 Å². The molecule has 2 aliphatic rings. The number of carbonyl (C=O) groups excluding carboxylic acids is 2. The Kier molecular flexibility index (Phi) is 4.84. The minimum atomic E-state index is -0.532. The molecule has 1 aliphatic carbocycles. The Morgan fingerprint density at radius 2 is 1.78 bits per heavy atom. The lowest BCUT2D eigenvalue weighted by Gasteiger charge is -2.44. The highest BCUT2D eigenvalue weighted by molar-refractivity contribution is 5.91. The van der Waals surface area contributed by atoms with Crippen molar-refractivity contribution in [1.29, 1.82) is 0 Å². The van der Waals surface area contributed by atoms with Crippen LogP contribution in [0.25, 0.3) is 0 Å². The summed E-state index contributed by atoms with van der Waals surface area (Å²) in [5, 5.41) is 9.22. The van der Waals surface area contributed by atoms with Crippen molar-refractivity contribution in [3.8, 4) is 5.75 Å². The molecule has 23 heavy (non-hydrogen) atoms. The Morgan fingerprint density at radius 3 is 2.57 bits per heavy atom. The zero-order valence-electron chi connectivity index (χ0n) is 13.2. The second-order valence-corrected chi connectivity index (χ2v) is 6.46. The van der Waals surface area contributed by atoms with Gasteiger partial charge in [-0.3, -0.25) is 4.79 Å². The summed E-state index contributed by atoms with van der Waals surface area (Å²) >= 11 is 0. The van der Waals surface area contributed by atoms with Crippen LogP contribution in [0.4, 0.5) is 0 Å². The molecular formula is C18H23NO4. The van der Waals surface area contributed by atoms with Crippen LogP contribution in [0.15, 0.2) is 24.3 Å². The van der Waals surface area contributed by atoms with Gasteiger partial charge in [0.15, 0.2) is 6.61 Å². The first kappa shape index (κ1) is 15.8. The lowest BCUT2D eigenvalue weighted by molar-refractivity contribution is -0.140. The van der Waals surface area contributed by atoms with E-state index in [9.17, 15) is 14.7 Å². The Hall–Kier alpha value is -2.04. The molecule has 1 heterocycles. The van der Waals surface area contributed by atoms with E-state index >= 15 is 0 Å². The van der Waals surface area contributed by atoms with E-state index in [1.807, 2.05) is 4.90 Å². The number of esters is 1. The molecule has 0 bridgehead atoms. The van der Waals surface area contributed by atoms with Crippen molar-refractivity contribution in [3.63, 3.8) is 0 Å². The summed E-state index contributed by atoms with van der Waals surface area (Å²) in [5.74, 6) is 0.0906. The smallest absolute Gasteiger partial charge is 0.338 e. The molecule has 5 nitrogen and oxygen atoms in total. The average molecular weight is 317 g/mol. The van der Waals surface area contributed by atoms with Crippen LogP contribution in [0.3, 0.4) is 0 Å². The number of likely N-dealkylation sites (tertiary alicyclic amines) is 1. The molecular weight excluding hydrogens is 294 g/mol. The average Bonchev–Trinajstić information content (AvgIpc) is 2.59. The largest absolute Gasteiger partial charge is 0.508 e. The number of piperidine rings is 1. The van der Waals surface area contributed by atoms with Gasteiger partial charge >= 0.3 is 5.97 Å². The Labute approximate surface area is 136 Å². The number of aromatic hydroxyl groups is 1. The number of rotatable bonds is 3. The van der Waals surface area contributed by atoms with Gasteiger partial charge in [0, 0.05) is 12.6 Å². The highest BCUT2D eigenvalue weighted by Gasteiger charge is 2.35. The fourth-order valence-electron chi connectivity index (χ4n) is 3.83. The first-order chi connectivity index (χ1) is 11.1. The van der Waals surface area contributed by atoms with E-state index in [-0.39, 0.29) is 18.3 Å². The predicted molar refractivity (Wildman–Crippen MR) is 85.1 cm³/mol. The van der Waals surface area contributed by atoms with E-state index < -0.39 is 5.97 Å². The molecule has 1 aromatic carbocycles. The third kappa shape index (κ3) is 3.66. The summed E-state index contributed by atoms with van der Waals surface area (Å²) in [6.45, 7) is 0.569. The van der Waals surface area contributed by atoms with Crippen molar-refractivity contribution in [2.75, 3.05) is 13.2 Å². The maximum absolute atomic E-state index is 12.5. The van der Waals surface area contributed by atoms with Crippen molar-refractivity contribution < 1.29 is 19.4 Å². The third-order valence-corrected chi connectivity index (χ3v) is 4.99. The number of nitrogens with zero attached hydrogens (tertiary/aromatic N) is 1. The van der Waals surface area contributed by atoms with E-state index in [4.69, 9.17) is 4.74 Å². The highest BCUT2D eigenvalue weighted by Crippen LogP contribution is 2.35. The van der Waals surface area contributed by atoms with Gasteiger partial charge in [-0.1, -0.05) is 12.8 Å². The van der Waals surface area contributed by atoms with Crippen LogP contribution in [0.2, 0.25) is 0 Å². The Bertz CT molecular complexity index is 567. The number of benzene rings is 1. The number of hydrogen-bond donors (Lipinski definition) is 1. The maximum Gasteiger partial charge on any atom is 0.338 e. The Morgan fingerprint density at radius 1 is 1.09 bits per heavy atom. The Balaban J connectivity index is 1.56. The van der Waals surface area contributed by atoms with Crippen molar-refractivity contribution in [2.24, 2.45) is 5.92 Å². The summed E-state index contributed by atoms with van der Waals surface area (Å²) in [4.78, 5) is 26.3. The van der Waals surface area contributed by atoms with Crippen LogP contribution >= 0.6 is 0 Å². The predicted octanol–water partition coefficient (Wildman–Crippen LogP) is 2.73. The summed E-state index contributed by atoms with van der Waals surface area (Å²) in [6.07, 6.45) is 6.97. The van der Waals surface area contributed by atoms with Crippen LogP contribution in [0.1, 0.15) is 48.9 Å². The van der Waals surface area contributed by atoms with Gasteiger partial charge in [-0.15, -0.1) is 0 Å². The number of hydrogen-bond acceptors (Lipinski definition) is 4. The molecule has 2 atom stereocenters. The molecule has 5 heteroatoms. The van der Waals surface area contributed by atoms with E-state index in [0.717, 1.165) is 19.4 Å². The van der Waals surface area contributed by atoms with Crippen LogP contribution < -0.4 is 0 Å². The lowest BCUT2D eigenvalue weighted by Crippen LogP contribution is -2.50. The minimum absolute atomic E-state index is 0.0891. The highest BCUT2D eigenvalue weighted by atomic mass is 16.5. The molecule has 3 rings (SSSR count). The quantitative estimate of drug-likeness (QED) is 0.871. The zero-order chi connectivity index (χ0) is 16.2. The van der Waals surface area contributed by atoms with Gasteiger partial charge in [-0.05, 0) is 55.9 Å².